The molecule has 0 fully saturated rings. The highest BCUT2D eigenvalue weighted by Gasteiger charge is 2.06. The normalized spacial score (nSPS) is 11.7. The van der Waals surface area contributed by atoms with Crippen molar-refractivity contribution in [3.8, 4) is 0 Å². The summed E-state index contributed by atoms with van der Waals surface area (Å²) in [4.78, 5) is 2.17. The lowest BCUT2D eigenvalue weighted by Crippen LogP contribution is -2.22. The summed E-state index contributed by atoms with van der Waals surface area (Å²) in [6.07, 6.45) is 1.97. The standard InChI is InChI=1S/C12H24N4/c1-10(2)13-8-12-9-14-16(11(12)3)7-6-15(4)5/h9-10,13H,6-8H2,1-5H3. The molecule has 0 aliphatic heterocycles. The highest BCUT2D eigenvalue weighted by Crippen LogP contribution is 2.07. The summed E-state index contributed by atoms with van der Waals surface area (Å²) in [6, 6.07) is 0.518. The molecule has 0 atom stereocenters. The summed E-state index contributed by atoms with van der Waals surface area (Å²) >= 11 is 0. The lowest BCUT2D eigenvalue weighted by atomic mass is 10.2. The van der Waals surface area contributed by atoms with E-state index < -0.39 is 0 Å². The van der Waals surface area contributed by atoms with Gasteiger partial charge in [0.1, 0.15) is 0 Å². The van der Waals surface area contributed by atoms with Gasteiger partial charge in [0.15, 0.2) is 0 Å². The summed E-state index contributed by atoms with van der Waals surface area (Å²) in [5.74, 6) is 0. The van der Waals surface area contributed by atoms with Gasteiger partial charge in [-0.05, 0) is 21.0 Å². The molecule has 1 N–H and O–H groups in total. The molecule has 0 saturated carbocycles. The van der Waals surface area contributed by atoms with E-state index in [1.165, 1.54) is 11.3 Å². The van der Waals surface area contributed by atoms with Crippen molar-refractivity contribution in [1.29, 1.82) is 0 Å². The minimum atomic E-state index is 0.518. The van der Waals surface area contributed by atoms with Gasteiger partial charge in [-0.25, -0.2) is 0 Å². The van der Waals surface area contributed by atoms with Gasteiger partial charge < -0.3 is 10.2 Å². The van der Waals surface area contributed by atoms with Gasteiger partial charge in [0.05, 0.1) is 12.7 Å². The van der Waals surface area contributed by atoms with Crippen molar-refractivity contribution in [2.45, 2.75) is 39.9 Å². The first-order chi connectivity index (χ1) is 7.50. The van der Waals surface area contributed by atoms with E-state index in [1.54, 1.807) is 0 Å². The van der Waals surface area contributed by atoms with E-state index in [-0.39, 0.29) is 0 Å². The Morgan fingerprint density at radius 3 is 2.69 bits per heavy atom. The average molecular weight is 224 g/mol. The van der Waals surface area contributed by atoms with Crippen molar-refractivity contribution in [2.24, 2.45) is 0 Å². The molecular formula is C12H24N4. The number of hydrogen-bond acceptors (Lipinski definition) is 3. The molecule has 0 bridgehead atoms. The second-order valence-electron chi connectivity index (χ2n) is 4.82. The van der Waals surface area contributed by atoms with Gasteiger partial charge in [0, 0.05) is 30.4 Å². The topological polar surface area (TPSA) is 33.1 Å². The van der Waals surface area contributed by atoms with E-state index in [4.69, 9.17) is 0 Å². The maximum absolute atomic E-state index is 4.42. The lowest BCUT2D eigenvalue weighted by molar-refractivity contribution is 0.370. The van der Waals surface area contributed by atoms with Crippen molar-refractivity contribution < 1.29 is 0 Å². The summed E-state index contributed by atoms with van der Waals surface area (Å²) in [5.41, 5.74) is 2.57. The third-order valence-corrected chi connectivity index (χ3v) is 2.66. The molecule has 16 heavy (non-hydrogen) atoms. The minimum Gasteiger partial charge on any atom is -0.310 e. The zero-order valence-corrected chi connectivity index (χ0v) is 11.1. The number of hydrogen-bond donors (Lipinski definition) is 1. The SMILES string of the molecule is Cc1c(CNC(C)C)cnn1CCN(C)C. The lowest BCUT2D eigenvalue weighted by Gasteiger charge is -2.11. The van der Waals surface area contributed by atoms with Crippen LogP contribution in [0.4, 0.5) is 0 Å². The van der Waals surface area contributed by atoms with Crippen LogP contribution >= 0.6 is 0 Å². The second kappa shape index (κ2) is 6.01. The minimum absolute atomic E-state index is 0.518. The molecule has 92 valence electrons. The number of likely N-dealkylation sites (N-methyl/N-ethyl adjacent to an activating group) is 1. The largest absolute Gasteiger partial charge is 0.310 e. The molecule has 0 radical (unpaired) electrons. The van der Waals surface area contributed by atoms with Crippen LogP contribution in [0.1, 0.15) is 25.1 Å². The molecule has 1 aromatic heterocycles. The van der Waals surface area contributed by atoms with Crippen LogP contribution in [0.5, 0.6) is 0 Å². The molecule has 1 rings (SSSR count). The van der Waals surface area contributed by atoms with Crippen molar-refractivity contribution in [1.82, 2.24) is 20.0 Å². The quantitative estimate of drug-likeness (QED) is 0.789. The maximum Gasteiger partial charge on any atom is 0.0539 e. The number of nitrogens with zero attached hydrogens (tertiary/aromatic N) is 3. The Hall–Kier alpha value is -0.870. The van der Waals surface area contributed by atoms with Crippen LogP contribution in [-0.4, -0.2) is 41.4 Å². The molecule has 4 heteroatoms. The van der Waals surface area contributed by atoms with E-state index in [9.17, 15) is 0 Å². The fourth-order valence-corrected chi connectivity index (χ4v) is 1.49. The van der Waals surface area contributed by atoms with Crippen LogP contribution in [0.25, 0.3) is 0 Å². The molecule has 0 aliphatic rings. The first-order valence-corrected chi connectivity index (χ1v) is 5.90. The molecular weight excluding hydrogens is 200 g/mol. The predicted octanol–water partition coefficient (Wildman–Crippen LogP) is 1.25. The highest BCUT2D eigenvalue weighted by atomic mass is 15.3. The van der Waals surface area contributed by atoms with Gasteiger partial charge in [0.25, 0.3) is 0 Å². The molecule has 4 nitrogen and oxygen atoms in total. The van der Waals surface area contributed by atoms with Gasteiger partial charge in [-0.1, -0.05) is 13.8 Å². The van der Waals surface area contributed by atoms with Crippen molar-refractivity contribution in [2.75, 3.05) is 20.6 Å². The molecule has 1 heterocycles. The highest BCUT2D eigenvalue weighted by molar-refractivity contribution is 5.15. The smallest absolute Gasteiger partial charge is 0.0539 e. The third-order valence-electron chi connectivity index (χ3n) is 2.66. The van der Waals surface area contributed by atoms with E-state index in [0.29, 0.717) is 6.04 Å². The zero-order chi connectivity index (χ0) is 12.1. The molecule has 0 saturated heterocycles. The third kappa shape index (κ3) is 3.94. The fourth-order valence-electron chi connectivity index (χ4n) is 1.49. The number of aromatic nitrogens is 2. The fraction of sp³-hybridized carbons (Fsp3) is 0.750. The summed E-state index contributed by atoms with van der Waals surface area (Å²) in [6.45, 7) is 9.35. The number of nitrogens with one attached hydrogen (secondary N) is 1. The molecule has 0 aromatic carbocycles. The van der Waals surface area contributed by atoms with Crippen molar-refractivity contribution in [3.63, 3.8) is 0 Å². The van der Waals surface area contributed by atoms with Crippen LogP contribution in [0, 0.1) is 6.92 Å². The molecule has 0 unspecified atom stereocenters. The molecule has 0 aliphatic carbocycles. The van der Waals surface area contributed by atoms with Gasteiger partial charge >= 0.3 is 0 Å². The summed E-state index contributed by atoms with van der Waals surface area (Å²) in [7, 11) is 4.17. The van der Waals surface area contributed by atoms with Crippen LogP contribution < -0.4 is 5.32 Å². The van der Waals surface area contributed by atoms with Crippen molar-refractivity contribution >= 4 is 0 Å². The zero-order valence-electron chi connectivity index (χ0n) is 11.1. The van der Waals surface area contributed by atoms with E-state index >= 15 is 0 Å². The van der Waals surface area contributed by atoms with E-state index in [0.717, 1.165) is 19.6 Å². The molecule has 0 amide bonds. The van der Waals surface area contributed by atoms with Crippen LogP contribution in [0.15, 0.2) is 6.20 Å². The Balaban J connectivity index is 2.54. The summed E-state index contributed by atoms with van der Waals surface area (Å²) < 4.78 is 2.08. The molecule has 0 spiro atoms. The van der Waals surface area contributed by atoms with Gasteiger partial charge in [-0.15, -0.1) is 0 Å². The van der Waals surface area contributed by atoms with E-state index in [1.807, 2.05) is 6.20 Å². The predicted molar refractivity (Wildman–Crippen MR) is 67.5 cm³/mol. The second-order valence-corrected chi connectivity index (χ2v) is 4.82. The summed E-state index contributed by atoms with van der Waals surface area (Å²) in [5, 5.41) is 7.83. The Morgan fingerprint density at radius 2 is 2.12 bits per heavy atom. The Kier molecular flexibility index (Phi) is 4.96. The monoisotopic (exact) mass is 224 g/mol. The average Bonchev–Trinajstić information content (AvgIpc) is 2.53. The maximum atomic E-state index is 4.42. The van der Waals surface area contributed by atoms with Gasteiger partial charge in [0.2, 0.25) is 0 Å². The Labute approximate surface area is 98.6 Å². The molecule has 1 aromatic rings. The van der Waals surface area contributed by atoms with Crippen LogP contribution in [-0.2, 0) is 13.1 Å². The first-order valence-electron chi connectivity index (χ1n) is 5.90. The first kappa shape index (κ1) is 13.2. The van der Waals surface area contributed by atoms with E-state index in [2.05, 4.69) is 54.9 Å². The van der Waals surface area contributed by atoms with Crippen LogP contribution in [0.3, 0.4) is 0 Å². The van der Waals surface area contributed by atoms with Gasteiger partial charge in [-0.2, -0.15) is 5.10 Å². The Bertz CT molecular complexity index is 285. The van der Waals surface area contributed by atoms with Crippen molar-refractivity contribution in [3.05, 3.63) is 17.5 Å². The Morgan fingerprint density at radius 1 is 1.44 bits per heavy atom. The van der Waals surface area contributed by atoms with Gasteiger partial charge in [-0.3, -0.25) is 4.68 Å². The number of rotatable bonds is 6. The van der Waals surface area contributed by atoms with Crippen LogP contribution in [0.2, 0.25) is 0 Å².